The van der Waals surface area contributed by atoms with Crippen molar-refractivity contribution < 1.29 is 18.7 Å². The van der Waals surface area contributed by atoms with Crippen molar-refractivity contribution in [1.29, 1.82) is 0 Å². The molecule has 0 aromatic carbocycles. The van der Waals surface area contributed by atoms with E-state index in [4.69, 9.17) is 13.9 Å². The Kier molecular flexibility index (Phi) is 4.19. The van der Waals surface area contributed by atoms with Crippen molar-refractivity contribution in [1.82, 2.24) is 4.98 Å². The van der Waals surface area contributed by atoms with Crippen LogP contribution in [0.4, 0.5) is 6.01 Å². The predicted molar refractivity (Wildman–Crippen MR) is 64.7 cm³/mol. The fraction of sp³-hybridized carbons (Fsp3) is 0.667. The summed E-state index contributed by atoms with van der Waals surface area (Å²) in [7, 11) is 0. The predicted octanol–water partition coefficient (Wildman–Crippen LogP) is 1.47. The van der Waals surface area contributed by atoms with E-state index in [1.165, 1.54) is 6.26 Å². The summed E-state index contributed by atoms with van der Waals surface area (Å²) in [5, 5.41) is 0. The van der Waals surface area contributed by atoms with E-state index in [0.717, 1.165) is 19.6 Å². The van der Waals surface area contributed by atoms with Gasteiger partial charge >= 0.3 is 5.97 Å². The van der Waals surface area contributed by atoms with Crippen molar-refractivity contribution in [2.24, 2.45) is 0 Å². The maximum Gasteiger partial charge on any atom is 0.360 e. The van der Waals surface area contributed by atoms with Gasteiger partial charge in [0.1, 0.15) is 6.26 Å². The third-order valence-electron chi connectivity index (χ3n) is 2.70. The van der Waals surface area contributed by atoms with Crippen LogP contribution in [0.2, 0.25) is 0 Å². The molecular weight excluding hydrogens is 236 g/mol. The quantitative estimate of drug-likeness (QED) is 0.761. The summed E-state index contributed by atoms with van der Waals surface area (Å²) in [6, 6.07) is 0.454. The molecule has 6 heteroatoms. The van der Waals surface area contributed by atoms with Gasteiger partial charge in [-0.1, -0.05) is 0 Å². The number of ether oxygens (including phenoxy) is 2. The third kappa shape index (κ3) is 3.01. The lowest BCUT2D eigenvalue weighted by molar-refractivity contribution is 0.0519. The van der Waals surface area contributed by atoms with Crippen LogP contribution >= 0.6 is 0 Å². The Balaban J connectivity index is 2.06. The average Bonchev–Trinajstić information content (AvgIpc) is 2.74. The van der Waals surface area contributed by atoms with Crippen molar-refractivity contribution in [2.75, 3.05) is 31.2 Å². The fourth-order valence-electron chi connectivity index (χ4n) is 1.88. The van der Waals surface area contributed by atoms with E-state index in [9.17, 15) is 4.79 Å². The van der Waals surface area contributed by atoms with Gasteiger partial charge in [-0.15, -0.1) is 0 Å². The van der Waals surface area contributed by atoms with Gasteiger partial charge in [-0.3, -0.25) is 0 Å². The molecule has 100 valence electrons. The van der Waals surface area contributed by atoms with Crippen molar-refractivity contribution >= 4 is 12.0 Å². The first-order chi connectivity index (χ1) is 8.70. The van der Waals surface area contributed by atoms with E-state index >= 15 is 0 Å². The zero-order chi connectivity index (χ0) is 13.0. The van der Waals surface area contributed by atoms with Gasteiger partial charge in [0.2, 0.25) is 0 Å². The van der Waals surface area contributed by atoms with E-state index in [1.54, 1.807) is 6.92 Å². The minimum Gasteiger partial charge on any atom is -0.461 e. The Morgan fingerprint density at radius 2 is 2.50 bits per heavy atom. The highest BCUT2D eigenvalue weighted by Gasteiger charge is 2.21. The van der Waals surface area contributed by atoms with Crippen LogP contribution in [0.5, 0.6) is 0 Å². The largest absolute Gasteiger partial charge is 0.461 e. The normalized spacial score (nSPS) is 20.6. The van der Waals surface area contributed by atoms with Crippen molar-refractivity contribution in [3.8, 4) is 0 Å². The highest BCUT2D eigenvalue weighted by molar-refractivity contribution is 5.87. The number of carbonyl (C=O) groups is 1. The highest BCUT2D eigenvalue weighted by Crippen LogP contribution is 2.17. The van der Waals surface area contributed by atoms with Crippen molar-refractivity contribution in [3.05, 3.63) is 12.0 Å². The molecule has 1 unspecified atom stereocenters. The molecule has 1 aromatic heterocycles. The maximum absolute atomic E-state index is 11.5. The molecule has 0 saturated carbocycles. The molecule has 1 aliphatic heterocycles. The van der Waals surface area contributed by atoms with Crippen LogP contribution in [0.25, 0.3) is 0 Å². The molecule has 0 amide bonds. The number of hydrogen-bond acceptors (Lipinski definition) is 6. The Morgan fingerprint density at radius 1 is 1.67 bits per heavy atom. The Hall–Kier alpha value is -1.56. The van der Waals surface area contributed by atoms with E-state index < -0.39 is 5.97 Å². The topological polar surface area (TPSA) is 64.8 Å². The molecule has 1 aliphatic rings. The zero-order valence-electron chi connectivity index (χ0n) is 10.7. The Bertz CT molecular complexity index is 405. The first-order valence-electron chi connectivity index (χ1n) is 6.20. The van der Waals surface area contributed by atoms with Crippen LogP contribution in [0.15, 0.2) is 10.7 Å². The smallest absolute Gasteiger partial charge is 0.360 e. The minimum absolute atomic E-state index is 0.130. The fourth-order valence-corrected chi connectivity index (χ4v) is 1.88. The maximum atomic E-state index is 11.5. The molecule has 1 saturated heterocycles. The van der Waals surface area contributed by atoms with Crippen LogP contribution in [0.3, 0.4) is 0 Å². The van der Waals surface area contributed by atoms with Gasteiger partial charge in [0.05, 0.1) is 12.7 Å². The van der Waals surface area contributed by atoms with Crippen LogP contribution < -0.4 is 4.90 Å². The van der Waals surface area contributed by atoms with Gasteiger partial charge in [0.15, 0.2) is 5.69 Å². The van der Waals surface area contributed by atoms with E-state index in [-0.39, 0.29) is 11.8 Å². The standard InChI is InChI=1S/C12H18N2O4/c1-3-16-11(15)10-8-18-12(13-10)14-5-4-6-17-9(2)7-14/h8-9H,3-7H2,1-2H3. The van der Waals surface area contributed by atoms with Crippen LogP contribution in [-0.2, 0) is 9.47 Å². The van der Waals surface area contributed by atoms with Crippen molar-refractivity contribution in [3.63, 3.8) is 0 Å². The molecule has 0 spiro atoms. The summed E-state index contributed by atoms with van der Waals surface area (Å²) in [6.07, 6.45) is 2.39. The average molecular weight is 254 g/mol. The van der Waals surface area contributed by atoms with Gasteiger partial charge in [0, 0.05) is 19.7 Å². The van der Waals surface area contributed by atoms with Crippen LogP contribution in [-0.4, -0.2) is 43.4 Å². The molecule has 18 heavy (non-hydrogen) atoms. The lowest BCUT2D eigenvalue weighted by Gasteiger charge is -2.19. The van der Waals surface area contributed by atoms with E-state index in [0.29, 0.717) is 19.2 Å². The van der Waals surface area contributed by atoms with Gasteiger partial charge in [-0.05, 0) is 20.3 Å². The molecule has 0 aliphatic carbocycles. The number of anilines is 1. The van der Waals surface area contributed by atoms with Gasteiger partial charge in [-0.25, -0.2) is 4.79 Å². The lowest BCUT2D eigenvalue weighted by atomic mass is 10.3. The summed E-state index contributed by atoms with van der Waals surface area (Å²) >= 11 is 0. The number of hydrogen-bond donors (Lipinski definition) is 0. The van der Waals surface area contributed by atoms with E-state index in [1.807, 2.05) is 11.8 Å². The number of rotatable bonds is 3. The Morgan fingerprint density at radius 3 is 3.28 bits per heavy atom. The number of aromatic nitrogens is 1. The number of carbonyl (C=O) groups excluding carboxylic acids is 1. The molecule has 0 bridgehead atoms. The molecule has 2 heterocycles. The van der Waals surface area contributed by atoms with Crippen LogP contribution in [0.1, 0.15) is 30.8 Å². The summed E-state index contributed by atoms with van der Waals surface area (Å²) in [5.41, 5.74) is 0.213. The molecule has 6 nitrogen and oxygen atoms in total. The second-order valence-electron chi connectivity index (χ2n) is 4.22. The third-order valence-corrected chi connectivity index (χ3v) is 2.70. The molecule has 2 rings (SSSR count). The van der Waals surface area contributed by atoms with Gasteiger partial charge in [-0.2, -0.15) is 4.98 Å². The second kappa shape index (κ2) is 5.86. The zero-order valence-corrected chi connectivity index (χ0v) is 10.7. The molecule has 0 N–H and O–H groups in total. The summed E-state index contributed by atoms with van der Waals surface area (Å²) in [5.74, 6) is -0.452. The molecular formula is C12H18N2O4. The molecule has 1 fully saturated rings. The number of esters is 1. The summed E-state index contributed by atoms with van der Waals surface area (Å²) < 4.78 is 15.7. The molecule has 0 radical (unpaired) electrons. The Labute approximate surface area is 106 Å². The second-order valence-corrected chi connectivity index (χ2v) is 4.22. The molecule has 1 atom stereocenters. The van der Waals surface area contributed by atoms with Gasteiger partial charge in [0.25, 0.3) is 6.01 Å². The minimum atomic E-state index is -0.452. The van der Waals surface area contributed by atoms with Crippen LogP contribution in [0, 0.1) is 0 Å². The van der Waals surface area contributed by atoms with Crippen molar-refractivity contribution in [2.45, 2.75) is 26.4 Å². The summed E-state index contributed by atoms with van der Waals surface area (Å²) in [6.45, 7) is 6.36. The summed E-state index contributed by atoms with van der Waals surface area (Å²) in [4.78, 5) is 17.6. The van der Waals surface area contributed by atoms with E-state index in [2.05, 4.69) is 4.98 Å². The van der Waals surface area contributed by atoms with Gasteiger partial charge < -0.3 is 18.8 Å². The SMILES string of the molecule is CCOC(=O)c1coc(N2CCCOC(C)C2)n1. The number of oxazole rings is 1. The monoisotopic (exact) mass is 254 g/mol. The molecule has 1 aromatic rings. The number of nitrogens with zero attached hydrogens (tertiary/aromatic N) is 2. The first kappa shape index (κ1) is 12.9. The lowest BCUT2D eigenvalue weighted by Crippen LogP contribution is -2.30. The first-order valence-corrected chi connectivity index (χ1v) is 6.20. The highest BCUT2D eigenvalue weighted by atomic mass is 16.5.